The molecular weight excluding hydrogens is 831 g/mol. The van der Waals surface area contributed by atoms with E-state index in [-0.39, 0.29) is 12.5 Å². The van der Waals surface area contributed by atoms with Gasteiger partial charge in [-0.3, -0.25) is 4.79 Å². The summed E-state index contributed by atoms with van der Waals surface area (Å²) in [6.07, 6.45) is 78.5. The molecule has 0 aromatic rings. The SMILES string of the molecule is CCCCCCCCCCCCCCCCCCCCCCCCCCCCCCCCCCCC(=O)NC(CO)C(O)CCCCCCCCCCCCCCCCCCCCCCCCC. The highest BCUT2D eigenvalue weighted by Gasteiger charge is 2.20. The van der Waals surface area contributed by atoms with Crippen molar-refractivity contribution in [3.8, 4) is 0 Å². The third kappa shape index (κ3) is 56.3. The van der Waals surface area contributed by atoms with Crippen LogP contribution in [-0.4, -0.2) is 34.9 Å². The number of carbonyl (C=O) groups is 1. The van der Waals surface area contributed by atoms with E-state index in [9.17, 15) is 15.0 Å². The lowest BCUT2D eigenvalue weighted by molar-refractivity contribution is -0.123. The van der Waals surface area contributed by atoms with Crippen LogP contribution < -0.4 is 5.32 Å². The summed E-state index contributed by atoms with van der Waals surface area (Å²) < 4.78 is 0. The first-order valence-corrected chi connectivity index (χ1v) is 32.2. The average molecular weight is 961 g/mol. The molecule has 4 nitrogen and oxygen atoms in total. The molecule has 0 rings (SSSR count). The molecule has 0 spiro atoms. The normalized spacial score (nSPS) is 12.6. The van der Waals surface area contributed by atoms with Gasteiger partial charge in [0.15, 0.2) is 0 Å². The molecule has 408 valence electrons. The zero-order valence-corrected chi connectivity index (χ0v) is 47.2. The summed E-state index contributed by atoms with van der Waals surface area (Å²) in [6, 6.07) is -0.532. The van der Waals surface area contributed by atoms with Crippen molar-refractivity contribution in [2.24, 2.45) is 0 Å². The zero-order valence-electron chi connectivity index (χ0n) is 47.2. The Morgan fingerprint density at radius 1 is 0.294 bits per heavy atom. The highest BCUT2D eigenvalue weighted by molar-refractivity contribution is 5.76. The molecule has 4 heteroatoms. The molecule has 0 saturated heterocycles. The third-order valence-electron chi connectivity index (χ3n) is 15.6. The Bertz CT molecular complexity index is 910. The monoisotopic (exact) mass is 960 g/mol. The van der Waals surface area contributed by atoms with E-state index in [0.29, 0.717) is 12.8 Å². The molecule has 0 radical (unpaired) electrons. The van der Waals surface area contributed by atoms with Crippen LogP contribution in [0.15, 0.2) is 0 Å². The number of carbonyl (C=O) groups excluding carboxylic acids is 1. The van der Waals surface area contributed by atoms with Crippen LogP contribution in [0.2, 0.25) is 0 Å². The predicted octanol–water partition coefficient (Wildman–Crippen LogP) is 21.5. The lowest BCUT2D eigenvalue weighted by Gasteiger charge is -2.22. The maximum Gasteiger partial charge on any atom is 0.220 e. The van der Waals surface area contributed by atoms with Crippen LogP contribution in [0.5, 0.6) is 0 Å². The average Bonchev–Trinajstić information content (AvgIpc) is 3.34. The molecule has 0 aromatic carbocycles. The minimum atomic E-state index is -0.656. The van der Waals surface area contributed by atoms with Gasteiger partial charge in [0.25, 0.3) is 0 Å². The van der Waals surface area contributed by atoms with Crippen molar-refractivity contribution >= 4 is 5.91 Å². The second kappa shape index (κ2) is 60.7. The van der Waals surface area contributed by atoms with E-state index < -0.39 is 12.1 Å². The summed E-state index contributed by atoms with van der Waals surface area (Å²) in [5.74, 6) is -0.0202. The quantitative estimate of drug-likeness (QED) is 0.0532. The molecular formula is C64H129NO3. The van der Waals surface area contributed by atoms with Crippen molar-refractivity contribution in [3.05, 3.63) is 0 Å². The second-order valence-corrected chi connectivity index (χ2v) is 22.6. The minimum absolute atomic E-state index is 0.0202. The first-order valence-electron chi connectivity index (χ1n) is 32.2. The standard InChI is InChI=1S/C64H129NO3/c1-3-5-7-9-11-13-15-17-19-21-23-25-27-28-29-30-31-32-33-34-35-36-38-40-42-44-46-48-50-52-54-56-58-60-64(68)65-62(61-66)63(67)59-57-55-53-51-49-47-45-43-41-39-37-26-24-22-20-18-16-14-12-10-8-6-4-2/h62-63,66-67H,3-61H2,1-2H3,(H,65,68). The first-order chi connectivity index (χ1) is 33.7. The van der Waals surface area contributed by atoms with Gasteiger partial charge < -0.3 is 15.5 Å². The molecule has 68 heavy (non-hydrogen) atoms. The number of aliphatic hydroxyl groups excluding tert-OH is 2. The molecule has 2 atom stereocenters. The largest absolute Gasteiger partial charge is 0.394 e. The van der Waals surface area contributed by atoms with Crippen molar-refractivity contribution in [3.63, 3.8) is 0 Å². The lowest BCUT2D eigenvalue weighted by Crippen LogP contribution is -2.45. The Kier molecular flexibility index (Phi) is 60.1. The minimum Gasteiger partial charge on any atom is -0.394 e. The van der Waals surface area contributed by atoms with E-state index in [1.165, 1.54) is 334 Å². The Labute approximate surface area is 429 Å². The predicted molar refractivity (Wildman–Crippen MR) is 304 cm³/mol. The Hall–Kier alpha value is -0.610. The topological polar surface area (TPSA) is 69.6 Å². The fraction of sp³-hybridized carbons (Fsp3) is 0.984. The molecule has 0 bridgehead atoms. The van der Waals surface area contributed by atoms with Crippen LogP contribution in [0.3, 0.4) is 0 Å². The van der Waals surface area contributed by atoms with Crippen LogP contribution in [0.1, 0.15) is 386 Å². The number of unbranched alkanes of at least 4 members (excludes halogenated alkanes) is 54. The van der Waals surface area contributed by atoms with Gasteiger partial charge in [0.1, 0.15) is 0 Å². The van der Waals surface area contributed by atoms with Crippen LogP contribution >= 0.6 is 0 Å². The molecule has 0 heterocycles. The van der Waals surface area contributed by atoms with Gasteiger partial charge in [0.2, 0.25) is 5.91 Å². The van der Waals surface area contributed by atoms with Crippen molar-refractivity contribution < 1.29 is 15.0 Å². The van der Waals surface area contributed by atoms with E-state index in [1.54, 1.807) is 0 Å². The van der Waals surface area contributed by atoms with Crippen molar-refractivity contribution in [2.75, 3.05) is 6.61 Å². The van der Waals surface area contributed by atoms with Crippen LogP contribution in [0, 0.1) is 0 Å². The Morgan fingerprint density at radius 2 is 0.471 bits per heavy atom. The molecule has 0 aliphatic heterocycles. The van der Waals surface area contributed by atoms with Gasteiger partial charge in [0, 0.05) is 6.42 Å². The fourth-order valence-electron chi connectivity index (χ4n) is 10.7. The molecule has 0 fully saturated rings. The highest BCUT2D eigenvalue weighted by Crippen LogP contribution is 2.19. The second-order valence-electron chi connectivity index (χ2n) is 22.6. The van der Waals surface area contributed by atoms with Gasteiger partial charge in [-0.25, -0.2) is 0 Å². The summed E-state index contributed by atoms with van der Waals surface area (Å²) in [5.41, 5.74) is 0. The maximum atomic E-state index is 12.5. The van der Waals surface area contributed by atoms with E-state index >= 15 is 0 Å². The highest BCUT2D eigenvalue weighted by atomic mass is 16.3. The van der Waals surface area contributed by atoms with Gasteiger partial charge in [-0.2, -0.15) is 0 Å². The van der Waals surface area contributed by atoms with Gasteiger partial charge in [-0.15, -0.1) is 0 Å². The van der Waals surface area contributed by atoms with E-state index in [0.717, 1.165) is 25.7 Å². The van der Waals surface area contributed by atoms with Gasteiger partial charge in [0.05, 0.1) is 18.8 Å². The van der Waals surface area contributed by atoms with Crippen molar-refractivity contribution in [1.82, 2.24) is 5.32 Å². The van der Waals surface area contributed by atoms with Gasteiger partial charge >= 0.3 is 0 Å². The van der Waals surface area contributed by atoms with E-state index in [2.05, 4.69) is 19.2 Å². The number of hydrogen-bond donors (Lipinski definition) is 3. The first kappa shape index (κ1) is 67.4. The van der Waals surface area contributed by atoms with Crippen LogP contribution in [-0.2, 0) is 4.79 Å². The van der Waals surface area contributed by atoms with Gasteiger partial charge in [-0.05, 0) is 12.8 Å². The summed E-state index contributed by atoms with van der Waals surface area (Å²) in [4.78, 5) is 12.5. The fourth-order valence-corrected chi connectivity index (χ4v) is 10.7. The van der Waals surface area contributed by atoms with Crippen LogP contribution in [0.4, 0.5) is 0 Å². The molecule has 2 unspecified atom stereocenters. The van der Waals surface area contributed by atoms with Gasteiger partial charge in [-0.1, -0.05) is 367 Å². The number of rotatable bonds is 61. The summed E-state index contributed by atoms with van der Waals surface area (Å²) >= 11 is 0. The van der Waals surface area contributed by atoms with E-state index in [4.69, 9.17) is 0 Å². The third-order valence-corrected chi connectivity index (χ3v) is 15.6. The molecule has 1 amide bonds. The molecule has 0 saturated carbocycles. The molecule has 0 aliphatic rings. The number of amides is 1. The summed E-state index contributed by atoms with van der Waals surface area (Å²) in [5, 5.41) is 23.4. The lowest BCUT2D eigenvalue weighted by atomic mass is 10.0. The Morgan fingerprint density at radius 3 is 0.662 bits per heavy atom. The maximum absolute atomic E-state index is 12.5. The zero-order chi connectivity index (χ0) is 49.2. The molecule has 0 aromatic heterocycles. The molecule has 3 N–H and O–H groups in total. The number of hydrogen-bond acceptors (Lipinski definition) is 3. The summed E-state index contributed by atoms with van der Waals surface area (Å²) in [7, 11) is 0. The van der Waals surface area contributed by atoms with Crippen LogP contribution in [0.25, 0.3) is 0 Å². The number of aliphatic hydroxyl groups is 2. The Balaban J connectivity index is 3.36. The molecule has 0 aliphatic carbocycles. The number of nitrogens with one attached hydrogen (secondary N) is 1. The van der Waals surface area contributed by atoms with Crippen molar-refractivity contribution in [2.45, 2.75) is 398 Å². The smallest absolute Gasteiger partial charge is 0.220 e. The summed E-state index contributed by atoms with van der Waals surface area (Å²) in [6.45, 7) is 4.42. The van der Waals surface area contributed by atoms with E-state index in [1.807, 2.05) is 0 Å². The van der Waals surface area contributed by atoms with Crippen molar-refractivity contribution in [1.29, 1.82) is 0 Å².